The van der Waals surface area contributed by atoms with Crippen molar-refractivity contribution in [2.24, 2.45) is 5.73 Å². The summed E-state index contributed by atoms with van der Waals surface area (Å²) in [7, 11) is 0. The fourth-order valence-corrected chi connectivity index (χ4v) is 4.56. The molecule has 1 aromatic heterocycles. The van der Waals surface area contributed by atoms with Gasteiger partial charge in [0.2, 0.25) is 0 Å². The van der Waals surface area contributed by atoms with Crippen molar-refractivity contribution in [3.8, 4) is 16.9 Å². The zero-order valence-corrected chi connectivity index (χ0v) is 18.2. The molecule has 2 aliphatic rings. The van der Waals surface area contributed by atoms with E-state index in [1.807, 2.05) is 0 Å². The van der Waals surface area contributed by atoms with Crippen LogP contribution in [0.1, 0.15) is 28.9 Å². The van der Waals surface area contributed by atoms with E-state index in [0.29, 0.717) is 32.0 Å². The van der Waals surface area contributed by atoms with Gasteiger partial charge in [0.15, 0.2) is 0 Å². The molecule has 2 aliphatic heterocycles. The Balaban J connectivity index is 1.64. The lowest BCUT2D eigenvalue weighted by Gasteiger charge is -2.32. The van der Waals surface area contributed by atoms with Crippen LogP contribution in [0.2, 0.25) is 5.15 Å². The van der Waals surface area contributed by atoms with Crippen molar-refractivity contribution >= 4 is 23.5 Å². The van der Waals surface area contributed by atoms with Crippen molar-refractivity contribution in [2.45, 2.75) is 38.3 Å². The Kier molecular flexibility index (Phi) is 6.44. The summed E-state index contributed by atoms with van der Waals surface area (Å²) in [5.41, 5.74) is 6.59. The molecule has 3 N–H and O–H groups in total. The number of hydrogen-bond donors (Lipinski definition) is 2. The Morgan fingerprint density at radius 2 is 1.94 bits per heavy atom. The number of nitrogens with zero attached hydrogens (tertiary/aromatic N) is 2. The van der Waals surface area contributed by atoms with Crippen molar-refractivity contribution in [1.82, 2.24) is 14.8 Å². The number of amides is 3. The van der Waals surface area contributed by atoms with Crippen LogP contribution in [0.3, 0.4) is 0 Å². The number of fused-ring (bicyclic) bond motifs is 1. The standard InChI is InChI=1S/C21H22ClF3N4O4/c22-18-16(12-2-1-3-14(10-12)33-21(23,24)25)17(19(26)30)15-11-28(6-7-29(15)18)20(31)27-13-4-8-32-9-5-13/h1-3,10,13H,4-9,11H2,(H2,26,30)(H,27,31). The van der Waals surface area contributed by atoms with Crippen LogP contribution in [-0.4, -0.2) is 53.6 Å². The maximum absolute atomic E-state index is 12.8. The molecule has 3 amide bonds. The van der Waals surface area contributed by atoms with Crippen LogP contribution in [0.25, 0.3) is 11.1 Å². The highest BCUT2D eigenvalue weighted by molar-refractivity contribution is 6.33. The van der Waals surface area contributed by atoms with E-state index in [-0.39, 0.29) is 40.5 Å². The second-order valence-electron chi connectivity index (χ2n) is 7.84. The van der Waals surface area contributed by atoms with E-state index in [4.69, 9.17) is 22.1 Å². The van der Waals surface area contributed by atoms with Crippen LogP contribution in [0.5, 0.6) is 5.75 Å². The number of aromatic nitrogens is 1. The van der Waals surface area contributed by atoms with Crippen LogP contribution in [-0.2, 0) is 17.8 Å². The molecule has 0 saturated carbocycles. The van der Waals surface area contributed by atoms with Gasteiger partial charge in [0, 0.05) is 37.9 Å². The quantitative estimate of drug-likeness (QED) is 0.691. The van der Waals surface area contributed by atoms with E-state index < -0.39 is 18.0 Å². The molecule has 33 heavy (non-hydrogen) atoms. The van der Waals surface area contributed by atoms with Gasteiger partial charge in [-0.05, 0) is 30.5 Å². The van der Waals surface area contributed by atoms with E-state index in [1.54, 1.807) is 9.47 Å². The van der Waals surface area contributed by atoms with Crippen molar-refractivity contribution in [3.63, 3.8) is 0 Å². The highest BCUT2D eigenvalue weighted by atomic mass is 35.5. The number of carbonyl (C=O) groups excluding carboxylic acids is 2. The average molecular weight is 487 g/mol. The Hall–Kier alpha value is -2.92. The Morgan fingerprint density at radius 1 is 1.21 bits per heavy atom. The zero-order chi connectivity index (χ0) is 23.8. The van der Waals surface area contributed by atoms with Gasteiger partial charge in [0.1, 0.15) is 10.9 Å². The minimum absolute atomic E-state index is 0.00564. The van der Waals surface area contributed by atoms with E-state index >= 15 is 0 Å². The van der Waals surface area contributed by atoms with Crippen molar-refractivity contribution in [2.75, 3.05) is 19.8 Å². The van der Waals surface area contributed by atoms with E-state index in [2.05, 4.69) is 10.1 Å². The lowest BCUT2D eigenvalue weighted by Crippen LogP contribution is -2.49. The number of nitrogens with one attached hydrogen (secondary N) is 1. The summed E-state index contributed by atoms with van der Waals surface area (Å²) in [6, 6.07) is 4.89. The number of urea groups is 1. The molecule has 0 radical (unpaired) electrons. The Bertz CT molecular complexity index is 1070. The molecular formula is C21H22ClF3N4O4. The predicted molar refractivity (Wildman–Crippen MR) is 113 cm³/mol. The molecule has 1 aromatic carbocycles. The first-order valence-corrected chi connectivity index (χ1v) is 10.7. The highest BCUT2D eigenvalue weighted by Crippen LogP contribution is 2.39. The third-order valence-electron chi connectivity index (χ3n) is 5.68. The third-order valence-corrected chi connectivity index (χ3v) is 6.07. The van der Waals surface area contributed by atoms with Crippen LogP contribution < -0.4 is 15.8 Å². The van der Waals surface area contributed by atoms with Gasteiger partial charge in [-0.1, -0.05) is 23.7 Å². The maximum Gasteiger partial charge on any atom is 0.573 e. The molecule has 0 aliphatic carbocycles. The van der Waals surface area contributed by atoms with Gasteiger partial charge in [-0.2, -0.15) is 0 Å². The normalized spacial score (nSPS) is 16.9. The third kappa shape index (κ3) is 5.03. The minimum atomic E-state index is -4.87. The zero-order valence-electron chi connectivity index (χ0n) is 17.5. The largest absolute Gasteiger partial charge is 0.573 e. The maximum atomic E-state index is 12.8. The molecule has 3 heterocycles. The molecular weight excluding hydrogens is 465 g/mol. The topological polar surface area (TPSA) is 98.8 Å². The fraction of sp³-hybridized carbons (Fsp3) is 0.429. The Labute approximate surface area is 192 Å². The molecule has 4 rings (SSSR count). The van der Waals surface area contributed by atoms with Gasteiger partial charge in [-0.25, -0.2) is 4.79 Å². The number of rotatable bonds is 4. The first-order chi connectivity index (χ1) is 15.6. The molecule has 0 atom stereocenters. The first-order valence-electron chi connectivity index (χ1n) is 10.3. The Morgan fingerprint density at radius 3 is 2.61 bits per heavy atom. The minimum Gasteiger partial charge on any atom is -0.406 e. The molecule has 0 unspecified atom stereocenters. The van der Waals surface area contributed by atoms with Gasteiger partial charge in [-0.15, -0.1) is 13.2 Å². The van der Waals surface area contributed by atoms with Crippen LogP contribution in [0.4, 0.5) is 18.0 Å². The number of primary amides is 1. The molecule has 0 bridgehead atoms. The second-order valence-corrected chi connectivity index (χ2v) is 8.19. The highest BCUT2D eigenvalue weighted by Gasteiger charge is 2.34. The average Bonchev–Trinajstić information content (AvgIpc) is 3.05. The number of carbonyl (C=O) groups is 2. The molecule has 2 aromatic rings. The SMILES string of the molecule is NC(=O)c1c(-c2cccc(OC(F)(F)F)c2)c(Cl)n2c1CN(C(=O)NC1CCOCC1)CC2. The number of nitrogens with two attached hydrogens (primary N) is 1. The van der Waals surface area contributed by atoms with Crippen LogP contribution in [0.15, 0.2) is 24.3 Å². The lowest BCUT2D eigenvalue weighted by molar-refractivity contribution is -0.274. The molecule has 1 fully saturated rings. The van der Waals surface area contributed by atoms with Gasteiger partial charge in [0.05, 0.1) is 17.8 Å². The summed E-state index contributed by atoms with van der Waals surface area (Å²) in [5.74, 6) is -1.25. The lowest BCUT2D eigenvalue weighted by atomic mass is 10.0. The van der Waals surface area contributed by atoms with E-state index in [1.165, 1.54) is 12.1 Å². The number of hydrogen-bond acceptors (Lipinski definition) is 4. The first kappa shape index (κ1) is 23.2. The number of benzene rings is 1. The van der Waals surface area contributed by atoms with E-state index in [9.17, 15) is 22.8 Å². The van der Waals surface area contributed by atoms with Crippen LogP contribution >= 0.6 is 11.6 Å². The molecule has 0 spiro atoms. The smallest absolute Gasteiger partial charge is 0.406 e. The predicted octanol–water partition coefficient (Wildman–Crippen LogP) is 3.51. The number of alkyl halides is 3. The summed E-state index contributed by atoms with van der Waals surface area (Å²) >= 11 is 6.55. The van der Waals surface area contributed by atoms with Crippen LogP contribution in [0, 0.1) is 0 Å². The summed E-state index contributed by atoms with van der Waals surface area (Å²) in [5, 5.41) is 3.14. The van der Waals surface area contributed by atoms with Gasteiger partial charge < -0.3 is 30.0 Å². The monoisotopic (exact) mass is 486 g/mol. The summed E-state index contributed by atoms with van der Waals surface area (Å²) < 4.78 is 48.9. The molecule has 1 saturated heterocycles. The molecule has 8 nitrogen and oxygen atoms in total. The molecule has 12 heteroatoms. The number of ether oxygens (including phenoxy) is 2. The van der Waals surface area contributed by atoms with Crippen molar-refractivity contribution in [3.05, 3.63) is 40.7 Å². The fourth-order valence-electron chi connectivity index (χ4n) is 4.17. The second kappa shape index (κ2) is 9.14. The number of halogens is 4. The van der Waals surface area contributed by atoms with Crippen molar-refractivity contribution in [1.29, 1.82) is 0 Å². The van der Waals surface area contributed by atoms with Gasteiger partial charge in [-0.3, -0.25) is 4.79 Å². The summed E-state index contributed by atoms with van der Waals surface area (Å²) in [6.45, 7) is 1.87. The summed E-state index contributed by atoms with van der Waals surface area (Å²) in [6.07, 6.45) is -3.43. The summed E-state index contributed by atoms with van der Waals surface area (Å²) in [4.78, 5) is 26.7. The van der Waals surface area contributed by atoms with Crippen molar-refractivity contribution < 1.29 is 32.2 Å². The van der Waals surface area contributed by atoms with Gasteiger partial charge >= 0.3 is 12.4 Å². The van der Waals surface area contributed by atoms with Gasteiger partial charge in [0.25, 0.3) is 5.91 Å². The molecule has 178 valence electrons. The van der Waals surface area contributed by atoms with E-state index in [0.717, 1.165) is 25.0 Å².